The predicted molar refractivity (Wildman–Crippen MR) is 121 cm³/mol. The van der Waals surface area contributed by atoms with Crippen molar-refractivity contribution in [3.05, 3.63) is 64.9 Å². The van der Waals surface area contributed by atoms with Crippen molar-refractivity contribution >= 4 is 35.0 Å². The maximum atomic E-state index is 12.2. The number of benzene rings is 2. The molecular weight excluding hydrogens is 420 g/mol. The van der Waals surface area contributed by atoms with Crippen LogP contribution >= 0.6 is 23.4 Å². The number of hydrogen-bond donors (Lipinski definition) is 1. The fraction of sp³-hybridized carbons (Fsp3) is 0.318. The number of halogens is 1. The first-order chi connectivity index (χ1) is 14.6. The minimum absolute atomic E-state index is 0.0647. The molecule has 3 aromatic rings. The first-order valence-corrected chi connectivity index (χ1v) is 11.2. The number of thioether (sulfide) groups is 1. The number of amides is 1. The molecule has 0 saturated heterocycles. The van der Waals surface area contributed by atoms with Gasteiger partial charge in [-0.1, -0.05) is 41.6 Å². The number of para-hydroxylation sites is 1. The quantitative estimate of drug-likeness (QED) is 0.352. The molecule has 3 rings (SSSR count). The molecule has 1 heterocycles. The number of nitrogens with one attached hydrogen (secondary N) is 1. The van der Waals surface area contributed by atoms with Gasteiger partial charge in [-0.15, -0.1) is 10.2 Å². The van der Waals surface area contributed by atoms with Crippen molar-refractivity contribution in [1.82, 2.24) is 14.8 Å². The first-order valence-electron chi connectivity index (χ1n) is 9.85. The lowest BCUT2D eigenvalue weighted by atomic mass is 10.2. The second kappa shape index (κ2) is 11.0. The SMILES string of the molecule is CCn1c(CCCOc2ccc(Cl)cc2C)nnc1SCC(=O)Nc1ccccc1. The lowest BCUT2D eigenvalue weighted by Gasteiger charge is -2.10. The van der Waals surface area contributed by atoms with Crippen LogP contribution < -0.4 is 10.1 Å². The number of aromatic nitrogens is 3. The molecule has 158 valence electrons. The summed E-state index contributed by atoms with van der Waals surface area (Å²) in [6.07, 6.45) is 1.57. The molecule has 0 aliphatic carbocycles. The van der Waals surface area contributed by atoms with E-state index >= 15 is 0 Å². The van der Waals surface area contributed by atoms with Crippen LogP contribution in [0.3, 0.4) is 0 Å². The molecule has 8 heteroatoms. The molecule has 2 aromatic carbocycles. The van der Waals surface area contributed by atoms with Gasteiger partial charge in [-0.3, -0.25) is 4.79 Å². The van der Waals surface area contributed by atoms with E-state index in [4.69, 9.17) is 16.3 Å². The number of ether oxygens (including phenoxy) is 1. The third-order valence-electron chi connectivity index (χ3n) is 4.44. The summed E-state index contributed by atoms with van der Waals surface area (Å²) in [5.41, 5.74) is 1.81. The second-order valence-corrected chi connectivity index (χ2v) is 8.09. The Balaban J connectivity index is 1.48. The summed E-state index contributed by atoms with van der Waals surface area (Å²) in [4.78, 5) is 12.2. The molecule has 0 spiro atoms. The minimum Gasteiger partial charge on any atom is -0.493 e. The van der Waals surface area contributed by atoms with Gasteiger partial charge >= 0.3 is 0 Å². The van der Waals surface area contributed by atoms with Crippen molar-refractivity contribution in [3.63, 3.8) is 0 Å². The molecular formula is C22H25ClN4O2S. The molecule has 0 unspecified atom stereocenters. The van der Waals surface area contributed by atoms with Crippen LogP contribution in [0, 0.1) is 6.92 Å². The van der Waals surface area contributed by atoms with E-state index in [0.717, 1.165) is 47.4 Å². The highest BCUT2D eigenvalue weighted by molar-refractivity contribution is 7.99. The van der Waals surface area contributed by atoms with Gasteiger partial charge in [0.2, 0.25) is 5.91 Å². The van der Waals surface area contributed by atoms with E-state index in [1.54, 1.807) is 0 Å². The Morgan fingerprint density at radius 2 is 2.00 bits per heavy atom. The number of hydrogen-bond acceptors (Lipinski definition) is 5. The Morgan fingerprint density at radius 1 is 1.20 bits per heavy atom. The van der Waals surface area contributed by atoms with Crippen LogP contribution in [0.4, 0.5) is 5.69 Å². The van der Waals surface area contributed by atoms with Crippen molar-refractivity contribution in [3.8, 4) is 5.75 Å². The van der Waals surface area contributed by atoms with Crippen LogP contribution in [0.2, 0.25) is 5.02 Å². The molecule has 0 radical (unpaired) electrons. The fourth-order valence-electron chi connectivity index (χ4n) is 2.96. The number of carbonyl (C=O) groups excluding carboxylic acids is 1. The number of aryl methyl sites for hydroxylation is 2. The number of rotatable bonds is 10. The van der Waals surface area contributed by atoms with E-state index in [0.29, 0.717) is 11.6 Å². The summed E-state index contributed by atoms with van der Waals surface area (Å²) in [7, 11) is 0. The van der Waals surface area contributed by atoms with E-state index in [1.165, 1.54) is 11.8 Å². The zero-order chi connectivity index (χ0) is 21.3. The van der Waals surface area contributed by atoms with E-state index in [-0.39, 0.29) is 11.7 Å². The zero-order valence-electron chi connectivity index (χ0n) is 17.1. The maximum absolute atomic E-state index is 12.2. The lowest BCUT2D eigenvalue weighted by Crippen LogP contribution is -2.14. The molecule has 0 atom stereocenters. The van der Waals surface area contributed by atoms with Crippen LogP contribution in [0.25, 0.3) is 0 Å². The molecule has 30 heavy (non-hydrogen) atoms. The second-order valence-electron chi connectivity index (χ2n) is 6.71. The number of anilines is 1. The third-order valence-corrected chi connectivity index (χ3v) is 5.64. The summed E-state index contributed by atoms with van der Waals surface area (Å²) in [5, 5.41) is 12.9. The van der Waals surface area contributed by atoms with Crippen LogP contribution in [-0.4, -0.2) is 33.0 Å². The van der Waals surface area contributed by atoms with Crippen LogP contribution in [0.5, 0.6) is 5.75 Å². The molecule has 0 aliphatic heterocycles. The van der Waals surface area contributed by atoms with Gasteiger partial charge in [0.05, 0.1) is 12.4 Å². The van der Waals surface area contributed by atoms with Gasteiger partial charge in [0, 0.05) is 23.7 Å². The van der Waals surface area contributed by atoms with Gasteiger partial charge in [-0.05, 0) is 56.2 Å². The van der Waals surface area contributed by atoms with Gasteiger partial charge < -0.3 is 14.6 Å². The van der Waals surface area contributed by atoms with Crippen molar-refractivity contribution in [2.24, 2.45) is 0 Å². The summed E-state index contributed by atoms with van der Waals surface area (Å²) < 4.78 is 7.90. The van der Waals surface area contributed by atoms with Crippen LogP contribution in [-0.2, 0) is 17.8 Å². The lowest BCUT2D eigenvalue weighted by molar-refractivity contribution is -0.113. The van der Waals surface area contributed by atoms with Crippen molar-refractivity contribution < 1.29 is 9.53 Å². The Labute approximate surface area is 186 Å². The van der Waals surface area contributed by atoms with Gasteiger partial charge in [-0.25, -0.2) is 0 Å². The monoisotopic (exact) mass is 444 g/mol. The molecule has 0 aliphatic rings. The molecule has 1 amide bonds. The van der Waals surface area contributed by atoms with E-state index in [9.17, 15) is 4.79 Å². The van der Waals surface area contributed by atoms with Gasteiger partial charge in [0.25, 0.3) is 0 Å². The maximum Gasteiger partial charge on any atom is 0.234 e. The normalized spacial score (nSPS) is 10.8. The highest BCUT2D eigenvalue weighted by atomic mass is 35.5. The number of carbonyl (C=O) groups is 1. The summed E-state index contributed by atoms with van der Waals surface area (Å²) in [6, 6.07) is 15.0. The third kappa shape index (κ3) is 6.24. The Kier molecular flexibility index (Phi) is 8.16. The molecule has 0 fully saturated rings. The summed E-state index contributed by atoms with van der Waals surface area (Å²) >= 11 is 7.37. The minimum atomic E-state index is -0.0647. The topological polar surface area (TPSA) is 69.0 Å². The van der Waals surface area contributed by atoms with Gasteiger partial charge in [-0.2, -0.15) is 0 Å². The fourth-order valence-corrected chi connectivity index (χ4v) is 4.01. The Morgan fingerprint density at radius 3 is 2.73 bits per heavy atom. The summed E-state index contributed by atoms with van der Waals surface area (Å²) in [6.45, 7) is 5.37. The predicted octanol–water partition coefficient (Wildman–Crippen LogP) is 5.00. The summed E-state index contributed by atoms with van der Waals surface area (Å²) in [5.74, 6) is 1.97. The molecule has 6 nitrogen and oxygen atoms in total. The van der Waals surface area contributed by atoms with Gasteiger partial charge in [0.1, 0.15) is 11.6 Å². The smallest absolute Gasteiger partial charge is 0.234 e. The molecule has 0 bridgehead atoms. The molecule has 0 saturated carbocycles. The Bertz CT molecular complexity index is 979. The highest BCUT2D eigenvalue weighted by Gasteiger charge is 2.13. The first kappa shape index (κ1) is 22.2. The van der Waals surface area contributed by atoms with Crippen LogP contribution in [0.1, 0.15) is 24.7 Å². The number of nitrogens with zero attached hydrogens (tertiary/aromatic N) is 3. The average Bonchev–Trinajstić information content (AvgIpc) is 3.13. The Hall–Kier alpha value is -2.51. The average molecular weight is 445 g/mol. The van der Waals surface area contributed by atoms with Crippen LogP contribution in [0.15, 0.2) is 53.7 Å². The molecule has 1 N–H and O–H groups in total. The highest BCUT2D eigenvalue weighted by Crippen LogP contribution is 2.22. The van der Waals surface area contributed by atoms with Crippen molar-refractivity contribution in [2.75, 3.05) is 17.7 Å². The molecule has 1 aromatic heterocycles. The largest absolute Gasteiger partial charge is 0.493 e. The standard InChI is InChI=1S/C22H25ClN4O2S/c1-3-27-20(10-7-13-29-19-12-11-17(23)14-16(19)2)25-26-22(27)30-15-21(28)24-18-8-5-4-6-9-18/h4-6,8-9,11-12,14H,3,7,10,13,15H2,1-2H3,(H,24,28). The van der Waals surface area contributed by atoms with Crippen molar-refractivity contribution in [1.29, 1.82) is 0 Å². The van der Waals surface area contributed by atoms with Gasteiger partial charge in [0.15, 0.2) is 5.16 Å². The van der Waals surface area contributed by atoms with E-state index < -0.39 is 0 Å². The van der Waals surface area contributed by atoms with Crippen molar-refractivity contribution in [2.45, 2.75) is 38.4 Å². The van der Waals surface area contributed by atoms with E-state index in [1.807, 2.05) is 60.0 Å². The zero-order valence-corrected chi connectivity index (χ0v) is 18.7. The van der Waals surface area contributed by atoms with E-state index in [2.05, 4.69) is 22.4 Å².